The topological polar surface area (TPSA) is 141 Å². The van der Waals surface area contributed by atoms with Gasteiger partial charge in [-0.05, 0) is 26.3 Å². The molecular formula is C22H27N7O5. The van der Waals surface area contributed by atoms with Gasteiger partial charge in [0.1, 0.15) is 24.9 Å². The molecule has 0 atom stereocenters. The summed E-state index contributed by atoms with van der Waals surface area (Å²) in [5.74, 6) is -0.186. The fourth-order valence-corrected chi connectivity index (χ4v) is 2.87. The predicted molar refractivity (Wildman–Crippen MR) is 122 cm³/mol. The van der Waals surface area contributed by atoms with Crippen LogP contribution in [0.3, 0.4) is 0 Å². The summed E-state index contributed by atoms with van der Waals surface area (Å²) in [6, 6.07) is 9.17. The molecule has 0 bridgehead atoms. The van der Waals surface area contributed by atoms with Crippen molar-refractivity contribution in [2.75, 3.05) is 18.4 Å². The van der Waals surface area contributed by atoms with Gasteiger partial charge in [0.05, 0.1) is 6.54 Å². The van der Waals surface area contributed by atoms with Crippen molar-refractivity contribution in [2.45, 2.75) is 39.9 Å². The first-order valence-corrected chi connectivity index (χ1v) is 10.6. The molecule has 2 N–H and O–H groups in total. The van der Waals surface area contributed by atoms with Gasteiger partial charge in [0.25, 0.3) is 0 Å². The van der Waals surface area contributed by atoms with Gasteiger partial charge in [0.2, 0.25) is 5.91 Å². The number of anilines is 1. The molecule has 12 heteroatoms. The minimum Gasteiger partial charge on any atom is -0.444 e. The quantitative estimate of drug-likeness (QED) is 0.500. The van der Waals surface area contributed by atoms with Crippen molar-refractivity contribution < 1.29 is 23.9 Å². The summed E-state index contributed by atoms with van der Waals surface area (Å²) in [6.07, 6.45) is 1.04. The molecule has 0 spiro atoms. The van der Waals surface area contributed by atoms with Crippen LogP contribution < -0.4 is 10.7 Å². The van der Waals surface area contributed by atoms with E-state index < -0.39 is 23.7 Å². The van der Waals surface area contributed by atoms with E-state index in [1.165, 1.54) is 17.7 Å². The van der Waals surface area contributed by atoms with Crippen molar-refractivity contribution in [3.05, 3.63) is 48.5 Å². The van der Waals surface area contributed by atoms with E-state index in [0.29, 0.717) is 6.54 Å². The summed E-state index contributed by atoms with van der Waals surface area (Å²) < 4.78 is 11.6. The monoisotopic (exact) mass is 469 g/mol. The number of imidazole rings is 1. The van der Waals surface area contributed by atoms with Gasteiger partial charge in [-0.3, -0.25) is 20.1 Å². The molecule has 0 unspecified atom stereocenters. The number of nitrogens with one attached hydrogen (secondary N) is 2. The molecule has 12 nitrogen and oxygen atoms in total. The smallest absolute Gasteiger partial charge is 0.422 e. The van der Waals surface area contributed by atoms with Crippen LogP contribution in [0.2, 0.25) is 0 Å². The second-order valence-corrected chi connectivity index (χ2v) is 8.22. The lowest BCUT2D eigenvalue weighted by Gasteiger charge is -2.25. The van der Waals surface area contributed by atoms with E-state index in [1.54, 1.807) is 27.7 Å². The number of ether oxygens (including phenoxy) is 2. The van der Waals surface area contributed by atoms with Gasteiger partial charge in [-0.15, -0.1) is 0 Å². The minimum atomic E-state index is -0.778. The molecule has 2 amide bonds. The lowest BCUT2D eigenvalue weighted by atomic mass is 10.2. The van der Waals surface area contributed by atoms with Crippen LogP contribution in [-0.4, -0.2) is 61.3 Å². The zero-order chi connectivity index (χ0) is 24.7. The summed E-state index contributed by atoms with van der Waals surface area (Å²) in [5.41, 5.74) is 2.87. The van der Waals surface area contributed by atoms with E-state index in [4.69, 9.17) is 9.47 Å². The maximum Gasteiger partial charge on any atom is 0.422 e. The van der Waals surface area contributed by atoms with Gasteiger partial charge in [-0.2, -0.15) is 0 Å². The molecule has 0 aromatic heterocycles. The first-order valence-electron chi connectivity index (χ1n) is 10.6. The summed E-state index contributed by atoms with van der Waals surface area (Å²) in [6.45, 7) is 7.11. The molecule has 0 fully saturated rings. The number of carbonyl (C=O) groups excluding carboxylic acids is 3. The summed E-state index contributed by atoms with van der Waals surface area (Å²) in [7, 11) is 0. The Balaban J connectivity index is 1.74. The molecule has 0 radical (unpaired) electrons. The summed E-state index contributed by atoms with van der Waals surface area (Å²) in [5, 5.41) is 3.94. The number of likely N-dealkylation sites (N-methyl/N-ethyl adjacent to an activating group) is 1. The molecular weight excluding hydrogens is 442 g/mol. The summed E-state index contributed by atoms with van der Waals surface area (Å²) in [4.78, 5) is 49.9. The number of amides is 2. The first-order chi connectivity index (χ1) is 16.2. The van der Waals surface area contributed by atoms with Gasteiger partial charge in [0.15, 0.2) is 17.3 Å². The first kappa shape index (κ1) is 24.6. The molecule has 2 aliphatic rings. The van der Waals surface area contributed by atoms with Crippen molar-refractivity contribution in [3.8, 4) is 11.5 Å². The molecule has 180 valence electrons. The average Bonchev–Trinajstić information content (AvgIpc) is 3.26. The Morgan fingerprint density at radius 3 is 2.47 bits per heavy atom. The van der Waals surface area contributed by atoms with Crippen molar-refractivity contribution in [1.82, 2.24) is 30.0 Å². The SMILES string of the molecule is CCN(CC(=O)n1cnc2ncnc-2c1NC(=O)OCc1ccccc1)NC(=O)OC(C)(C)C. The van der Waals surface area contributed by atoms with E-state index in [0.717, 1.165) is 10.1 Å². The normalized spacial score (nSPS) is 11.3. The van der Waals surface area contributed by atoms with Gasteiger partial charge in [-0.25, -0.2) is 29.5 Å². The predicted octanol–water partition coefficient (Wildman–Crippen LogP) is 2.93. The lowest BCUT2D eigenvalue weighted by Crippen LogP contribution is -2.47. The molecule has 3 rings (SSSR count). The van der Waals surface area contributed by atoms with Gasteiger partial charge >= 0.3 is 12.2 Å². The standard InChI is InChI=1S/C22H27N7O5/c1-5-28(27-21(32)34-22(2,3)4)11-16(30)29-14-25-18-17(23-13-24-18)19(29)26-20(31)33-12-15-9-7-6-8-10-15/h6-10,13-14H,5,11-12H2,1-4H3,(H,26,31)(H,27,32). The van der Waals surface area contributed by atoms with Crippen LogP contribution in [0.5, 0.6) is 0 Å². The number of carbonyl (C=O) groups is 3. The van der Waals surface area contributed by atoms with Crippen LogP contribution in [0, 0.1) is 0 Å². The minimum absolute atomic E-state index is 0.0466. The molecule has 0 saturated carbocycles. The number of benzene rings is 1. The molecule has 1 aromatic carbocycles. The Morgan fingerprint density at radius 2 is 1.79 bits per heavy atom. The van der Waals surface area contributed by atoms with Crippen LogP contribution in [0.4, 0.5) is 15.4 Å². The van der Waals surface area contributed by atoms with Crippen LogP contribution >= 0.6 is 0 Å². The van der Waals surface area contributed by atoms with E-state index >= 15 is 0 Å². The highest BCUT2D eigenvalue weighted by atomic mass is 16.6. The van der Waals surface area contributed by atoms with E-state index in [9.17, 15) is 14.4 Å². The largest absolute Gasteiger partial charge is 0.444 e. The third kappa shape index (κ3) is 6.72. The second-order valence-electron chi connectivity index (χ2n) is 8.22. The van der Waals surface area contributed by atoms with Gasteiger partial charge < -0.3 is 9.47 Å². The number of hydrazine groups is 1. The molecule has 34 heavy (non-hydrogen) atoms. The van der Waals surface area contributed by atoms with Crippen molar-refractivity contribution in [3.63, 3.8) is 0 Å². The zero-order valence-corrected chi connectivity index (χ0v) is 19.4. The number of nitrogens with zero attached hydrogens (tertiary/aromatic N) is 5. The highest BCUT2D eigenvalue weighted by Gasteiger charge is 2.24. The van der Waals surface area contributed by atoms with Crippen LogP contribution in [0.1, 0.15) is 38.1 Å². The fraction of sp³-hybridized carbons (Fsp3) is 0.364. The average molecular weight is 470 g/mol. The highest BCUT2D eigenvalue weighted by Crippen LogP contribution is 2.24. The number of hydrogen-bond acceptors (Lipinski definition) is 9. The number of rotatable bonds is 7. The van der Waals surface area contributed by atoms with Gasteiger partial charge in [-0.1, -0.05) is 37.3 Å². The number of fused-ring (bicyclic) bond motifs is 1. The van der Waals surface area contributed by atoms with Crippen LogP contribution in [0.15, 0.2) is 43.0 Å². The Bertz CT molecular complexity index is 1110. The Kier molecular flexibility index (Phi) is 7.74. The van der Waals surface area contributed by atoms with E-state index in [-0.39, 0.29) is 30.5 Å². The molecule has 2 heterocycles. The Labute approximate surface area is 196 Å². The third-order valence-corrected chi connectivity index (χ3v) is 4.40. The molecule has 0 aliphatic carbocycles. The van der Waals surface area contributed by atoms with Crippen LogP contribution in [-0.2, 0) is 16.1 Å². The number of aromatic nitrogens is 4. The van der Waals surface area contributed by atoms with E-state index in [1.807, 2.05) is 30.3 Å². The van der Waals surface area contributed by atoms with Crippen LogP contribution in [0.25, 0.3) is 11.5 Å². The fourth-order valence-electron chi connectivity index (χ4n) is 2.87. The van der Waals surface area contributed by atoms with Gasteiger partial charge in [0, 0.05) is 6.54 Å². The third-order valence-electron chi connectivity index (χ3n) is 4.40. The maximum absolute atomic E-state index is 13.1. The zero-order valence-electron chi connectivity index (χ0n) is 19.4. The van der Waals surface area contributed by atoms with Crippen molar-refractivity contribution in [2.24, 2.45) is 0 Å². The van der Waals surface area contributed by atoms with Crippen molar-refractivity contribution >= 4 is 23.9 Å². The molecule has 0 saturated heterocycles. The number of hydrogen-bond donors (Lipinski definition) is 2. The van der Waals surface area contributed by atoms with Crippen molar-refractivity contribution in [1.29, 1.82) is 0 Å². The maximum atomic E-state index is 13.1. The lowest BCUT2D eigenvalue weighted by molar-refractivity contribution is 0.0332. The molecule has 1 aromatic rings. The van der Waals surface area contributed by atoms with E-state index in [2.05, 4.69) is 25.7 Å². The second kappa shape index (κ2) is 10.7. The Morgan fingerprint density at radius 1 is 1.06 bits per heavy atom. The Hall–Kier alpha value is -4.06. The highest BCUT2D eigenvalue weighted by molar-refractivity contribution is 5.93. The summed E-state index contributed by atoms with van der Waals surface area (Å²) >= 11 is 0. The molecule has 2 aliphatic heterocycles.